The molecule has 0 aliphatic heterocycles. The summed E-state index contributed by atoms with van der Waals surface area (Å²) >= 11 is 0. The van der Waals surface area contributed by atoms with Crippen LogP contribution in [0.1, 0.15) is 53.9 Å². The summed E-state index contributed by atoms with van der Waals surface area (Å²) in [5.74, 6) is 0.191. The lowest BCUT2D eigenvalue weighted by molar-refractivity contribution is -0.206. The molecule has 0 amide bonds. The van der Waals surface area contributed by atoms with Crippen LogP contribution in [-0.4, -0.2) is 30.9 Å². The molecule has 0 spiro atoms. The van der Waals surface area contributed by atoms with Crippen molar-refractivity contribution in [2.45, 2.75) is 66.3 Å². The second-order valence-electron chi connectivity index (χ2n) is 6.20. The Morgan fingerprint density at radius 3 is 2.43 bits per heavy atom. The van der Waals surface area contributed by atoms with Gasteiger partial charge in [0.1, 0.15) is 6.10 Å². The van der Waals surface area contributed by atoms with E-state index < -0.39 is 18.2 Å². The van der Waals surface area contributed by atoms with E-state index in [2.05, 4.69) is 20.8 Å². The van der Waals surface area contributed by atoms with Crippen LogP contribution in [0.5, 0.6) is 0 Å². The molecule has 5 heteroatoms. The van der Waals surface area contributed by atoms with Crippen LogP contribution in [0.3, 0.4) is 0 Å². The highest BCUT2D eigenvalue weighted by Crippen LogP contribution is 2.35. The van der Waals surface area contributed by atoms with E-state index in [-0.39, 0.29) is 12.7 Å². The van der Waals surface area contributed by atoms with Crippen molar-refractivity contribution in [3.8, 4) is 0 Å². The number of carbonyl (C=O) groups is 2. The predicted molar refractivity (Wildman–Crippen MR) is 78.4 cm³/mol. The molecule has 0 saturated heterocycles. The van der Waals surface area contributed by atoms with Crippen molar-refractivity contribution in [3.05, 3.63) is 0 Å². The van der Waals surface area contributed by atoms with E-state index in [1.807, 2.05) is 0 Å². The summed E-state index contributed by atoms with van der Waals surface area (Å²) in [5, 5.41) is 0. The summed E-state index contributed by atoms with van der Waals surface area (Å²) in [7, 11) is 0. The van der Waals surface area contributed by atoms with Gasteiger partial charge in [0.25, 0.3) is 0 Å². The quantitative estimate of drug-likeness (QED) is 0.557. The summed E-state index contributed by atoms with van der Waals surface area (Å²) in [6.45, 7) is 9.73. The van der Waals surface area contributed by atoms with E-state index in [0.29, 0.717) is 17.8 Å². The van der Waals surface area contributed by atoms with Gasteiger partial charge in [0.05, 0.1) is 0 Å². The first-order valence-electron chi connectivity index (χ1n) is 7.84. The Kier molecular flexibility index (Phi) is 7.15. The molecular weight excluding hydrogens is 272 g/mol. The Bertz CT molecular complexity index is 353. The van der Waals surface area contributed by atoms with Gasteiger partial charge in [-0.3, -0.25) is 4.79 Å². The van der Waals surface area contributed by atoms with Gasteiger partial charge in [0, 0.05) is 13.5 Å². The zero-order valence-corrected chi connectivity index (χ0v) is 13.8. The molecule has 0 radical (unpaired) electrons. The van der Waals surface area contributed by atoms with Gasteiger partial charge in [-0.05, 0) is 37.5 Å². The Labute approximate surface area is 127 Å². The normalized spacial score (nSPS) is 27.2. The lowest BCUT2D eigenvalue weighted by Gasteiger charge is -2.37. The number of hydrogen-bond donors (Lipinski definition) is 0. The molecule has 0 aromatic rings. The summed E-state index contributed by atoms with van der Waals surface area (Å²) in [5.41, 5.74) is 0. The van der Waals surface area contributed by atoms with E-state index in [9.17, 15) is 9.59 Å². The molecule has 0 aromatic carbocycles. The van der Waals surface area contributed by atoms with Crippen LogP contribution in [0, 0.1) is 17.8 Å². The molecule has 0 N–H and O–H groups in total. The van der Waals surface area contributed by atoms with E-state index in [1.165, 1.54) is 6.92 Å². The second-order valence-corrected chi connectivity index (χ2v) is 6.20. The van der Waals surface area contributed by atoms with Gasteiger partial charge in [-0.25, -0.2) is 4.79 Å². The molecule has 0 heterocycles. The van der Waals surface area contributed by atoms with Crippen molar-refractivity contribution in [3.63, 3.8) is 0 Å². The molecule has 5 nitrogen and oxygen atoms in total. The van der Waals surface area contributed by atoms with E-state index in [4.69, 9.17) is 14.2 Å². The van der Waals surface area contributed by atoms with Gasteiger partial charge >= 0.3 is 18.2 Å². The highest BCUT2D eigenvalue weighted by Gasteiger charge is 2.35. The number of rotatable bonds is 6. The fourth-order valence-electron chi connectivity index (χ4n) is 2.91. The maximum atomic E-state index is 12.2. The van der Waals surface area contributed by atoms with Gasteiger partial charge in [-0.2, -0.15) is 0 Å². The summed E-state index contributed by atoms with van der Waals surface area (Å²) in [6, 6.07) is 0. The molecule has 4 atom stereocenters. The molecule has 1 saturated carbocycles. The van der Waals surface area contributed by atoms with Gasteiger partial charge in [-0.1, -0.05) is 27.2 Å². The van der Waals surface area contributed by atoms with Crippen molar-refractivity contribution >= 4 is 11.9 Å². The molecule has 1 aliphatic rings. The Morgan fingerprint density at radius 2 is 1.90 bits per heavy atom. The molecule has 0 aromatic heterocycles. The van der Waals surface area contributed by atoms with Gasteiger partial charge < -0.3 is 14.2 Å². The number of ether oxygens (including phenoxy) is 3. The Balaban J connectivity index is 2.69. The summed E-state index contributed by atoms with van der Waals surface area (Å²) in [6.07, 6.45) is 1.70. The van der Waals surface area contributed by atoms with Crippen LogP contribution in [0.15, 0.2) is 0 Å². The lowest BCUT2D eigenvalue weighted by Crippen LogP contribution is -2.40. The van der Waals surface area contributed by atoms with Crippen LogP contribution >= 0.6 is 0 Å². The first kappa shape index (κ1) is 18.0. The zero-order valence-electron chi connectivity index (χ0n) is 13.8. The third-order valence-electron chi connectivity index (χ3n) is 4.01. The molecular formula is C16H28O5. The van der Waals surface area contributed by atoms with Gasteiger partial charge in [0.2, 0.25) is 0 Å². The van der Waals surface area contributed by atoms with Crippen molar-refractivity contribution < 1.29 is 23.8 Å². The third kappa shape index (κ3) is 5.65. The Morgan fingerprint density at radius 1 is 1.24 bits per heavy atom. The fourth-order valence-corrected chi connectivity index (χ4v) is 2.91. The van der Waals surface area contributed by atoms with Crippen LogP contribution < -0.4 is 0 Å². The predicted octanol–water partition coefficient (Wildman–Crippen LogP) is 2.92. The molecule has 1 fully saturated rings. The first-order valence-corrected chi connectivity index (χ1v) is 7.84. The zero-order chi connectivity index (χ0) is 16.0. The SMILES string of the molecule is CCO[C@@H](OC(C)=O)C(=O)O[C@@H]1C[C@H](C)CC[C@H]1C(C)C. The minimum Gasteiger partial charge on any atom is -0.457 e. The topological polar surface area (TPSA) is 61.8 Å². The van der Waals surface area contributed by atoms with Crippen molar-refractivity contribution in [2.75, 3.05) is 6.61 Å². The highest BCUT2D eigenvalue weighted by atomic mass is 16.7. The molecule has 1 rings (SSSR count). The van der Waals surface area contributed by atoms with Gasteiger partial charge in [-0.15, -0.1) is 0 Å². The van der Waals surface area contributed by atoms with Crippen molar-refractivity contribution in [1.82, 2.24) is 0 Å². The molecule has 0 bridgehead atoms. The highest BCUT2D eigenvalue weighted by molar-refractivity contribution is 5.77. The number of carbonyl (C=O) groups excluding carboxylic acids is 2. The minimum atomic E-state index is -1.25. The maximum Gasteiger partial charge on any atom is 0.376 e. The molecule has 0 unspecified atom stereocenters. The van der Waals surface area contributed by atoms with Crippen LogP contribution in [0.25, 0.3) is 0 Å². The summed E-state index contributed by atoms with van der Waals surface area (Å²) in [4.78, 5) is 23.2. The largest absolute Gasteiger partial charge is 0.457 e. The first-order chi connectivity index (χ1) is 9.85. The van der Waals surface area contributed by atoms with E-state index in [1.54, 1.807) is 6.92 Å². The molecule has 122 valence electrons. The molecule has 21 heavy (non-hydrogen) atoms. The average molecular weight is 300 g/mol. The van der Waals surface area contributed by atoms with Crippen molar-refractivity contribution in [1.29, 1.82) is 0 Å². The second kappa shape index (κ2) is 8.37. The standard InChI is InChI=1S/C16H28O5/c1-6-19-16(20-12(5)17)15(18)21-14-9-11(4)7-8-13(14)10(2)3/h10-11,13-14,16H,6-9H2,1-5H3/t11-,13+,14-,16+/m1/s1. The van der Waals surface area contributed by atoms with Crippen LogP contribution in [-0.2, 0) is 23.8 Å². The molecule has 1 aliphatic carbocycles. The third-order valence-corrected chi connectivity index (χ3v) is 4.01. The monoisotopic (exact) mass is 300 g/mol. The number of esters is 2. The fraction of sp³-hybridized carbons (Fsp3) is 0.875. The average Bonchev–Trinajstić information content (AvgIpc) is 2.37. The van der Waals surface area contributed by atoms with E-state index in [0.717, 1.165) is 19.3 Å². The summed E-state index contributed by atoms with van der Waals surface area (Å²) < 4.78 is 15.7. The Hall–Kier alpha value is -1.10. The van der Waals surface area contributed by atoms with Crippen molar-refractivity contribution in [2.24, 2.45) is 17.8 Å². The van der Waals surface area contributed by atoms with Gasteiger partial charge in [0.15, 0.2) is 0 Å². The van der Waals surface area contributed by atoms with E-state index >= 15 is 0 Å². The minimum absolute atomic E-state index is 0.125. The van der Waals surface area contributed by atoms with Crippen LogP contribution in [0.4, 0.5) is 0 Å². The maximum absolute atomic E-state index is 12.2. The smallest absolute Gasteiger partial charge is 0.376 e. The number of hydrogen-bond acceptors (Lipinski definition) is 5. The van der Waals surface area contributed by atoms with Crippen LogP contribution in [0.2, 0.25) is 0 Å². The lowest BCUT2D eigenvalue weighted by atomic mass is 9.75.